The number of benzene rings is 1. The van der Waals surface area contributed by atoms with E-state index in [4.69, 9.17) is 24.5 Å². The van der Waals surface area contributed by atoms with Crippen LogP contribution in [0.2, 0.25) is 0 Å². The van der Waals surface area contributed by atoms with Crippen molar-refractivity contribution >= 4 is 22.8 Å². The Balaban J connectivity index is 0.000000380. The maximum Gasteiger partial charge on any atom is 0.414 e. The molecule has 9 heteroatoms. The number of ether oxygens (including phenoxy) is 1. The minimum absolute atomic E-state index is 0.762. The van der Waals surface area contributed by atoms with Crippen molar-refractivity contribution in [3.63, 3.8) is 0 Å². The zero-order valence-corrected chi connectivity index (χ0v) is 15.1. The van der Waals surface area contributed by atoms with E-state index in [2.05, 4.69) is 39.3 Å². The highest BCUT2D eigenvalue weighted by atomic mass is 16.5. The van der Waals surface area contributed by atoms with Gasteiger partial charge in [0.05, 0.1) is 13.7 Å². The lowest BCUT2D eigenvalue weighted by molar-refractivity contribution is -0.159. The van der Waals surface area contributed by atoms with Gasteiger partial charge in [-0.05, 0) is 43.7 Å². The Hall–Kier alpha value is -3.33. The minimum Gasteiger partial charge on any atom is -0.497 e. The number of aromatic amines is 2. The first kappa shape index (κ1) is 20.0. The highest BCUT2D eigenvalue weighted by Gasteiger charge is 2.09. The van der Waals surface area contributed by atoms with Crippen LogP contribution in [0.4, 0.5) is 0 Å². The van der Waals surface area contributed by atoms with Crippen LogP contribution in [0.3, 0.4) is 0 Å². The number of H-pyrrole nitrogens is 2. The van der Waals surface area contributed by atoms with Gasteiger partial charge in [0.15, 0.2) is 0 Å². The van der Waals surface area contributed by atoms with Crippen molar-refractivity contribution in [2.24, 2.45) is 0 Å². The van der Waals surface area contributed by atoms with Gasteiger partial charge in [-0.15, -0.1) is 0 Å². The predicted octanol–water partition coefficient (Wildman–Crippen LogP) is 1.70. The molecule has 0 radical (unpaired) electrons. The molecule has 0 amide bonds. The lowest BCUT2D eigenvalue weighted by Crippen LogP contribution is -2.17. The van der Waals surface area contributed by atoms with Gasteiger partial charge >= 0.3 is 11.9 Å². The Morgan fingerprint density at radius 1 is 1.26 bits per heavy atom. The average Bonchev–Trinajstić information content (AvgIpc) is 3.26. The van der Waals surface area contributed by atoms with Crippen LogP contribution in [0.5, 0.6) is 5.75 Å². The molecule has 0 bridgehead atoms. The summed E-state index contributed by atoms with van der Waals surface area (Å²) in [5, 5.41) is 19.4. The second kappa shape index (κ2) is 9.39. The third-order valence-electron chi connectivity index (χ3n) is 3.91. The number of imidazole rings is 1. The number of aromatic nitrogens is 3. The molecule has 0 spiro atoms. The van der Waals surface area contributed by atoms with E-state index in [9.17, 15) is 0 Å². The van der Waals surface area contributed by atoms with Crippen LogP contribution in [0.1, 0.15) is 17.1 Å². The normalized spacial score (nSPS) is 10.3. The zero-order chi connectivity index (χ0) is 19.8. The molecule has 0 unspecified atom stereocenters. The summed E-state index contributed by atoms with van der Waals surface area (Å²) >= 11 is 0. The van der Waals surface area contributed by atoms with Crippen molar-refractivity contribution in [1.29, 1.82) is 0 Å². The number of carboxylic acids is 2. The van der Waals surface area contributed by atoms with Crippen molar-refractivity contribution in [3.8, 4) is 5.75 Å². The van der Waals surface area contributed by atoms with E-state index in [0.29, 0.717) is 0 Å². The maximum absolute atomic E-state index is 9.10. The third-order valence-corrected chi connectivity index (χ3v) is 3.91. The second-order valence-electron chi connectivity index (χ2n) is 5.71. The summed E-state index contributed by atoms with van der Waals surface area (Å²) in [5.74, 6) is -1.79. The quantitative estimate of drug-likeness (QED) is 0.327. The van der Waals surface area contributed by atoms with E-state index in [-0.39, 0.29) is 0 Å². The molecule has 0 saturated carbocycles. The van der Waals surface area contributed by atoms with Gasteiger partial charge in [0.2, 0.25) is 0 Å². The van der Waals surface area contributed by atoms with E-state index in [1.54, 1.807) is 13.3 Å². The summed E-state index contributed by atoms with van der Waals surface area (Å²) < 4.78 is 5.32. The first-order valence-electron chi connectivity index (χ1n) is 8.22. The smallest absolute Gasteiger partial charge is 0.414 e. The third kappa shape index (κ3) is 5.58. The number of rotatable bonds is 6. The number of hydrogen-bond acceptors (Lipinski definition) is 5. The lowest BCUT2D eigenvalue weighted by atomic mass is 10.1. The molecular formula is C18H22N4O5. The standard InChI is InChI=1S/C16H20N4O.C2H2O4/c1-11-13(5-6-17-10-16-18-7-8-19-16)14-9-12(21-2)3-4-15(14)20-11;3-1(4)2(5)6/h3-4,7-9,17,20H,5-6,10H2,1-2H3,(H,18,19);(H,3,4)(H,5,6). The zero-order valence-electron chi connectivity index (χ0n) is 15.1. The molecule has 27 heavy (non-hydrogen) atoms. The van der Waals surface area contributed by atoms with Crippen LogP contribution in [-0.2, 0) is 22.6 Å². The number of hydrogen-bond donors (Lipinski definition) is 5. The Bertz CT molecular complexity index is 890. The fourth-order valence-corrected chi connectivity index (χ4v) is 2.63. The van der Waals surface area contributed by atoms with E-state index in [1.807, 2.05) is 12.3 Å². The molecule has 0 aliphatic rings. The van der Waals surface area contributed by atoms with Crippen molar-refractivity contribution in [3.05, 3.63) is 47.7 Å². The molecular weight excluding hydrogens is 352 g/mol. The summed E-state index contributed by atoms with van der Waals surface area (Å²) in [6.07, 6.45) is 4.58. The molecule has 144 valence electrons. The summed E-state index contributed by atoms with van der Waals surface area (Å²) in [6, 6.07) is 6.15. The van der Waals surface area contributed by atoms with Crippen LogP contribution >= 0.6 is 0 Å². The second-order valence-corrected chi connectivity index (χ2v) is 5.71. The van der Waals surface area contributed by atoms with Crippen LogP contribution in [0.15, 0.2) is 30.6 Å². The molecule has 0 atom stereocenters. The molecule has 3 rings (SSSR count). The predicted molar refractivity (Wildman–Crippen MR) is 98.9 cm³/mol. The molecule has 5 N–H and O–H groups in total. The molecule has 2 aromatic heterocycles. The minimum atomic E-state index is -1.82. The average molecular weight is 374 g/mol. The van der Waals surface area contributed by atoms with Crippen LogP contribution in [-0.4, -0.2) is 50.8 Å². The lowest BCUT2D eigenvalue weighted by Gasteiger charge is -2.05. The molecule has 0 aliphatic heterocycles. The number of nitrogens with one attached hydrogen (secondary N) is 3. The van der Waals surface area contributed by atoms with Gasteiger partial charge < -0.3 is 30.2 Å². The van der Waals surface area contributed by atoms with Gasteiger partial charge in [0.25, 0.3) is 0 Å². The van der Waals surface area contributed by atoms with Gasteiger partial charge in [-0.3, -0.25) is 0 Å². The molecule has 1 aromatic carbocycles. The van der Waals surface area contributed by atoms with Crippen molar-refractivity contribution in [1.82, 2.24) is 20.3 Å². The number of carboxylic acid groups (broad SMARTS) is 2. The molecule has 9 nitrogen and oxygen atoms in total. The Labute approximate surface area is 155 Å². The number of aryl methyl sites for hydroxylation is 1. The number of carbonyl (C=O) groups is 2. The van der Waals surface area contributed by atoms with Crippen molar-refractivity contribution < 1.29 is 24.5 Å². The topological polar surface area (TPSA) is 140 Å². The van der Waals surface area contributed by atoms with Crippen LogP contribution < -0.4 is 10.1 Å². The van der Waals surface area contributed by atoms with E-state index >= 15 is 0 Å². The number of methoxy groups -OCH3 is 1. The summed E-state index contributed by atoms with van der Waals surface area (Å²) in [7, 11) is 1.70. The van der Waals surface area contributed by atoms with Gasteiger partial charge in [-0.2, -0.15) is 0 Å². The molecule has 2 heterocycles. The van der Waals surface area contributed by atoms with Gasteiger partial charge in [-0.1, -0.05) is 0 Å². The summed E-state index contributed by atoms with van der Waals surface area (Å²) in [6.45, 7) is 3.79. The Morgan fingerprint density at radius 3 is 2.59 bits per heavy atom. The number of fused-ring (bicyclic) bond motifs is 1. The molecule has 3 aromatic rings. The van der Waals surface area contributed by atoms with E-state index in [0.717, 1.165) is 36.6 Å². The van der Waals surface area contributed by atoms with Gasteiger partial charge in [0, 0.05) is 29.0 Å². The van der Waals surface area contributed by atoms with E-state index in [1.165, 1.54) is 16.6 Å². The monoisotopic (exact) mass is 374 g/mol. The first-order valence-corrected chi connectivity index (χ1v) is 8.22. The SMILES string of the molecule is COc1ccc2[nH]c(C)c(CCNCc3ncc[nH]3)c2c1.O=C(O)C(=O)O. The summed E-state index contributed by atoms with van der Waals surface area (Å²) in [4.78, 5) is 28.9. The fourth-order valence-electron chi connectivity index (χ4n) is 2.63. The number of aliphatic carboxylic acids is 2. The Morgan fingerprint density at radius 2 is 2.00 bits per heavy atom. The van der Waals surface area contributed by atoms with Gasteiger partial charge in [-0.25, -0.2) is 14.6 Å². The van der Waals surface area contributed by atoms with E-state index < -0.39 is 11.9 Å². The summed E-state index contributed by atoms with van der Waals surface area (Å²) in [5.41, 5.74) is 3.73. The number of nitrogens with zero attached hydrogens (tertiary/aromatic N) is 1. The van der Waals surface area contributed by atoms with Crippen molar-refractivity contribution in [2.75, 3.05) is 13.7 Å². The highest BCUT2D eigenvalue weighted by molar-refractivity contribution is 6.27. The maximum atomic E-state index is 9.10. The van der Waals surface area contributed by atoms with Crippen LogP contribution in [0, 0.1) is 6.92 Å². The fraction of sp³-hybridized carbons (Fsp3) is 0.278. The van der Waals surface area contributed by atoms with Gasteiger partial charge in [0.1, 0.15) is 11.6 Å². The largest absolute Gasteiger partial charge is 0.497 e. The first-order chi connectivity index (χ1) is 12.9. The molecule has 0 fully saturated rings. The highest BCUT2D eigenvalue weighted by Crippen LogP contribution is 2.26. The van der Waals surface area contributed by atoms with Crippen molar-refractivity contribution in [2.45, 2.75) is 19.9 Å². The Kier molecular flexibility index (Phi) is 6.95. The molecule has 0 aliphatic carbocycles. The van der Waals surface area contributed by atoms with Crippen LogP contribution in [0.25, 0.3) is 10.9 Å². The molecule has 0 saturated heterocycles.